The number of benzene rings is 1. The molecule has 0 bridgehead atoms. The molecule has 1 fully saturated rings. The molecule has 1 aromatic rings. The molecule has 2 rings (SSSR count). The molecule has 0 radical (unpaired) electrons. The maximum Gasteiger partial charge on any atom is 0.127 e. The summed E-state index contributed by atoms with van der Waals surface area (Å²) in [4.78, 5) is 0. The van der Waals surface area contributed by atoms with Gasteiger partial charge in [-0.15, -0.1) is 0 Å². The molecule has 2 nitrogen and oxygen atoms in total. The average molecular weight is 223 g/mol. The molecule has 0 saturated heterocycles. The molecule has 0 aliphatic heterocycles. The van der Waals surface area contributed by atoms with Crippen molar-refractivity contribution in [3.05, 3.63) is 29.6 Å². The van der Waals surface area contributed by atoms with Crippen molar-refractivity contribution in [2.45, 2.75) is 38.8 Å². The minimum absolute atomic E-state index is 0.00639. The Bertz CT molecular complexity index is 343. The van der Waals surface area contributed by atoms with Gasteiger partial charge in [-0.3, -0.25) is 0 Å². The molecule has 1 unspecified atom stereocenters. The normalized spacial score (nSPS) is 18.1. The van der Waals surface area contributed by atoms with E-state index in [2.05, 4.69) is 12.2 Å². The Morgan fingerprint density at radius 1 is 1.44 bits per heavy atom. The molecule has 1 aliphatic rings. The van der Waals surface area contributed by atoms with Crippen molar-refractivity contribution in [1.82, 2.24) is 5.32 Å². The van der Waals surface area contributed by atoms with Crippen molar-refractivity contribution in [2.75, 3.05) is 0 Å². The summed E-state index contributed by atoms with van der Waals surface area (Å²) in [5.41, 5.74) is 0.795. The monoisotopic (exact) mass is 223 g/mol. The lowest BCUT2D eigenvalue weighted by molar-refractivity contribution is 0.240. The largest absolute Gasteiger partial charge is 0.508 e. The standard InChI is InChI=1S/C13H18FNO/c1-9(11-3-2-4-11)15-8-10-5-12(14)7-13(16)6-10/h5-7,9,11,15-16H,2-4,8H2,1H3. The van der Waals surface area contributed by atoms with E-state index in [0.29, 0.717) is 12.6 Å². The van der Waals surface area contributed by atoms with Gasteiger partial charge in [-0.25, -0.2) is 4.39 Å². The summed E-state index contributed by atoms with van der Waals surface area (Å²) in [6.45, 7) is 2.78. The van der Waals surface area contributed by atoms with Crippen molar-refractivity contribution in [1.29, 1.82) is 0 Å². The van der Waals surface area contributed by atoms with Crippen LogP contribution in [0.15, 0.2) is 18.2 Å². The third-order valence-corrected chi connectivity index (χ3v) is 3.43. The number of hydrogen-bond donors (Lipinski definition) is 2. The number of hydrogen-bond acceptors (Lipinski definition) is 2. The van der Waals surface area contributed by atoms with Crippen LogP contribution in [-0.2, 0) is 6.54 Å². The van der Waals surface area contributed by atoms with Gasteiger partial charge in [-0.2, -0.15) is 0 Å². The fourth-order valence-corrected chi connectivity index (χ4v) is 2.12. The fraction of sp³-hybridized carbons (Fsp3) is 0.538. The average Bonchev–Trinajstić information content (AvgIpc) is 2.10. The molecular formula is C13H18FNO. The topological polar surface area (TPSA) is 32.3 Å². The summed E-state index contributed by atoms with van der Waals surface area (Å²) in [7, 11) is 0. The Morgan fingerprint density at radius 2 is 2.19 bits per heavy atom. The molecule has 0 heterocycles. The van der Waals surface area contributed by atoms with Crippen LogP contribution in [0.25, 0.3) is 0 Å². The van der Waals surface area contributed by atoms with E-state index in [1.165, 1.54) is 25.3 Å². The summed E-state index contributed by atoms with van der Waals surface area (Å²) < 4.78 is 13.0. The zero-order valence-electron chi connectivity index (χ0n) is 9.54. The number of nitrogens with one attached hydrogen (secondary N) is 1. The Morgan fingerprint density at radius 3 is 2.75 bits per heavy atom. The summed E-state index contributed by atoms with van der Waals surface area (Å²) in [6.07, 6.45) is 3.92. The second-order valence-corrected chi connectivity index (χ2v) is 4.68. The first-order chi connectivity index (χ1) is 7.65. The SMILES string of the molecule is CC(NCc1cc(O)cc(F)c1)C1CCC1. The van der Waals surface area contributed by atoms with Crippen molar-refractivity contribution in [2.24, 2.45) is 5.92 Å². The molecule has 1 atom stereocenters. The minimum atomic E-state index is -0.381. The van der Waals surface area contributed by atoms with E-state index in [1.54, 1.807) is 6.07 Å². The highest BCUT2D eigenvalue weighted by Gasteiger charge is 2.23. The van der Waals surface area contributed by atoms with Gasteiger partial charge < -0.3 is 10.4 Å². The molecule has 2 N–H and O–H groups in total. The van der Waals surface area contributed by atoms with Gasteiger partial charge in [0.1, 0.15) is 11.6 Å². The lowest BCUT2D eigenvalue weighted by Crippen LogP contribution is -2.36. The van der Waals surface area contributed by atoms with Crippen LogP contribution in [-0.4, -0.2) is 11.1 Å². The minimum Gasteiger partial charge on any atom is -0.508 e. The van der Waals surface area contributed by atoms with Crippen LogP contribution in [0.2, 0.25) is 0 Å². The van der Waals surface area contributed by atoms with Gasteiger partial charge in [0.25, 0.3) is 0 Å². The van der Waals surface area contributed by atoms with Crippen LogP contribution >= 0.6 is 0 Å². The second kappa shape index (κ2) is 4.83. The number of phenols is 1. The summed E-state index contributed by atoms with van der Waals surface area (Å²) in [6, 6.07) is 4.65. The highest BCUT2D eigenvalue weighted by atomic mass is 19.1. The van der Waals surface area contributed by atoms with Crippen molar-refractivity contribution in [3.8, 4) is 5.75 Å². The molecule has 1 aliphatic carbocycles. The van der Waals surface area contributed by atoms with Gasteiger partial charge in [0.15, 0.2) is 0 Å². The Labute approximate surface area is 95.5 Å². The maximum atomic E-state index is 13.0. The maximum absolute atomic E-state index is 13.0. The van der Waals surface area contributed by atoms with Crippen molar-refractivity contribution >= 4 is 0 Å². The number of halogens is 1. The Kier molecular flexibility index (Phi) is 3.44. The summed E-state index contributed by atoms with van der Waals surface area (Å²) >= 11 is 0. The van der Waals surface area contributed by atoms with Crippen LogP contribution in [0, 0.1) is 11.7 Å². The van der Waals surface area contributed by atoms with Gasteiger partial charge in [-0.1, -0.05) is 6.42 Å². The lowest BCUT2D eigenvalue weighted by Gasteiger charge is -2.32. The third kappa shape index (κ3) is 2.73. The first kappa shape index (κ1) is 11.4. The van der Waals surface area contributed by atoms with E-state index in [-0.39, 0.29) is 11.6 Å². The smallest absolute Gasteiger partial charge is 0.127 e. The van der Waals surface area contributed by atoms with E-state index in [0.717, 1.165) is 17.5 Å². The Hall–Kier alpha value is -1.09. The first-order valence-electron chi connectivity index (χ1n) is 5.87. The summed E-state index contributed by atoms with van der Waals surface area (Å²) in [5, 5.41) is 12.6. The number of phenolic OH excluding ortho intramolecular Hbond substituents is 1. The van der Waals surface area contributed by atoms with Gasteiger partial charge in [0.05, 0.1) is 0 Å². The zero-order valence-corrected chi connectivity index (χ0v) is 9.54. The molecule has 1 aromatic carbocycles. The second-order valence-electron chi connectivity index (χ2n) is 4.68. The highest BCUT2D eigenvalue weighted by Crippen LogP contribution is 2.29. The molecule has 0 spiro atoms. The Balaban J connectivity index is 1.88. The van der Waals surface area contributed by atoms with E-state index in [1.807, 2.05) is 0 Å². The quantitative estimate of drug-likeness (QED) is 0.822. The van der Waals surface area contributed by atoms with Crippen LogP contribution in [0.3, 0.4) is 0 Å². The van der Waals surface area contributed by atoms with Crippen LogP contribution in [0.4, 0.5) is 4.39 Å². The molecule has 1 saturated carbocycles. The number of aromatic hydroxyl groups is 1. The third-order valence-electron chi connectivity index (χ3n) is 3.43. The molecule has 3 heteroatoms. The predicted molar refractivity (Wildman–Crippen MR) is 61.7 cm³/mol. The van der Waals surface area contributed by atoms with Crippen LogP contribution in [0.5, 0.6) is 5.75 Å². The molecule has 0 amide bonds. The predicted octanol–water partition coefficient (Wildman–Crippen LogP) is 2.81. The molecule has 88 valence electrons. The van der Waals surface area contributed by atoms with Crippen molar-refractivity contribution < 1.29 is 9.50 Å². The van der Waals surface area contributed by atoms with Gasteiger partial charge >= 0.3 is 0 Å². The van der Waals surface area contributed by atoms with Crippen LogP contribution < -0.4 is 5.32 Å². The molecule has 0 aromatic heterocycles. The fourth-order valence-electron chi connectivity index (χ4n) is 2.12. The van der Waals surface area contributed by atoms with Gasteiger partial charge in [0, 0.05) is 18.7 Å². The van der Waals surface area contributed by atoms with E-state index in [9.17, 15) is 9.50 Å². The van der Waals surface area contributed by atoms with Gasteiger partial charge in [-0.05, 0) is 43.4 Å². The zero-order chi connectivity index (χ0) is 11.5. The first-order valence-corrected chi connectivity index (χ1v) is 5.87. The van der Waals surface area contributed by atoms with Gasteiger partial charge in [0.2, 0.25) is 0 Å². The lowest BCUT2D eigenvalue weighted by atomic mass is 9.80. The van der Waals surface area contributed by atoms with E-state index < -0.39 is 0 Å². The van der Waals surface area contributed by atoms with Crippen LogP contribution in [0.1, 0.15) is 31.7 Å². The summed E-state index contributed by atoms with van der Waals surface area (Å²) in [5.74, 6) is 0.378. The highest BCUT2D eigenvalue weighted by molar-refractivity contribution is 5.28. The molecule has 16 heavy (non-hydrogen) atoms. The molecular weight excluding hydrogens is 205 g/mol. The number of rotatable bonds is 4. The van der Waals surface area contributed by atoms with Crippen molar-refractivity contribution in [3.63, 3.8) is 0 Å². The van der Waals surface area contributed by atoms with E-state index >= 15 is 0 Å². The van der Waals surface area contributed by atoms with E-state index in [4.69, 9.17) is 0 Å².